The molecule has 3 N–H and O–H groups in total. The van der Waals surface area contributed by atoms with Crippen molar-refractivity contribution in [2.75, 3.05) is 13.2 Å². The maximum Gasteiger partial charge on any atom is 0.306 e. The molecule has 6 heteroatoms. The number of carbonyl (C=O) groups excluding carboxylic acids is 2. The van der Waals surface area contributed by atoms with Crippen molar-refractivity contribution >= 4 is 11.9 Å². The Balaban J connectivity index is 4.05. The van der Waals surface area contributed by atoms with Gasteiger partial charge in [-0.15, -0.1) is 0 Å². The molecule has 316 valence electrons. The van der Waals surface area contributed by atoms with Crippen molar-refractivity contribution in [3.8, 4) is 0 Å². The third-order valence-corrected chi connectivity index (χ3v) is 11.0. The van der Waals surface area contributed by atoms with Gasteiger partial charge in [-0.2, -0.15) is 0 Å². The third-order valence-electron chi connectivity index (χ3n) is 11.0. The Labute approximate surface area is 331 Å². The smallest absolute Gasteiger partial charge is 0.306 e. The first-order valence-electron chi connectivity index (χ1n) is 23.9. The number of hydrazine groups is 1. The fraction of sp³-hybridized carbons (Fsp3) is 0.957. The van der Waals surface area contributed by atoms with E-state index in [1.54, 1.807) is 0 Å². The summed E-state index contributed by atoms with van der Waals surface area (Å²) in [6.07, 6.45) is 48.9. The molecule has 0 aliphatic heterocycles. The first-order chi connectivity index (χ1) is 26.1. The highest BCUT2D eigenvalue weighted by Gasteiger charge is 2.17. The Kier molecular flexibility index (Phi) is 44.3. The van der Waals surface area contributed by atoms with Crippen LogP contribution >= 0.6 is 0 Å². The third kappa shape index (κ3) is 43.5. The minimum Gasteiger partial charge on any atom is -0.462 e. The summed E-state index contributed by atoms with van der Waals surface area (Å²) < 4.78 is 11.5. The van der Waals surface area contributed by atoms with Crippen molar-refractivity contribution in [1.82, 2.24) is 5.43 Å². The molecule has 0 saturated carbocycles. The van der Waals surface area contributed by atoms with Crippen molar-refractivity contribution in [2.24, 2.45) is 5.84 Å². The molecule has 0 aliphatic rings. The SMILES string of the molecule is CCCCCCCCCCCC(=O)OCC(CCCCCCCCCCCCCCCCCCCCCNN)OC(=O)CCCCCCCCCCC. The fourth-order valence-corrected chi connectivity index (χ4v) is 7.44. The second kappa shape index (κ2) is 45.3. The largest absolute Gasteiger partial charge is 0.462 e. The normalized spacial score (nSPS) is 12.0. The van der Waals surface area contributed by atoms with Crippen LogP contribution in [-0.2, 0) is 19.1 Å². The summed E-state index contributed by atoms with van der Waals surface area (Å²) in [7, 11) is 0. The van der Waals surface area contributed by atoms with Crippen LogP contribution in [0.5, 0.6) is 0 Å². The van der Waals surface area contributed by atoms with Gasteiger partial charge in [-0.1, -0.05) is 226 Å². The summed E-state index contributed by atoms with van der Waals surface area (Å²) in [4.78, 5) is 25.2. The molecular weight excluding hydrogens is 657 g/mol. The zero-order valence-electron chi connectivity index (χ0n) is 36.0. The summed E-state index contributed by atoms with van der Waals surface area (Å²) in [5, 5.41) is 0. The van der Waals surface area contributed by atoms with Gasteiger partial charge < -0.3 is 9.47 Å². The number of unbranched alkanes of at least 4 members (excludes halogenated alkanes) is 34. The molecule has 0 aliphatic carbocycles. The zero-order chi connectivity index (χ0) is 38.6. The van der Waals surface area contributed by atoms with Crippen molar-refractivity contribution in [3.05, 3.63) is 0 Å². The minimum atomic E-state index is -0.303. The van der Waals surface area contributed by atoms with Gasteiger partial charge in [0.2, 0.25) is 0 Å². The number of carbonyl (C=O) groups is 2. The summed E-state index contributed by atoms with van der Waals surface area (Å²) in [5.74, 6) is 5.06. The maximum absolute atomic E-state index is 12.7. The van der Waals surface area contributed by atoms with Gasteiger partial charge in [-0.3, -0.25) is 20.9 Å². The molecule has 0 amide bonds. The molecule has 1 atom stereocenters. The summed E-state index contributed by atoms with van der Waals surface area (Å²) in [5.41, 5.74) is 2.74. The summed E-state index contributed by atoms with van der Waals surface area (Å²) in [6, 6.07) is 0. The van der Waals surface area contributed by atoms with Crippen molar-refractivity contribution < 1.29 is 19.1 Å². The van der Waals surface area contributed by atoms with Crippen molar-refractivity contribution in [3.63, 3.8) is 0 Å². The van der Waals surface area contributed by atoms with E-state index >= 15 is 0 Å². The van der Waals surface area contributed by atoms with E-state index < -0.39 is 0 Å². The van der Waals surface area contributed by atoms with Crippen LogP contribution < -0.4 is 11.3 Å². The van der Waals surface area contributed by atoms with E-state index in [1.807, 2.05) is 0 Å². The van der Waals surface area contributed by atoms with Crippen LogP contribution in [0.4, 0.5) is 0 Å². The van der Waals surface area contributed by atoms with Gasteiger partial charge in [-0.05, 0) is 32.1 Å². The lowest BCUT2D eigenvalue weighted by Crippen LogP contribution is -2.25. The second-order valence-corrected chi connectivity index (χ2v) is 16.4. The fourth-order valence-electron chi connectivity index (χ4n) is 7.44. The summed E-state index contributed by atoms with van der Waals surface area (Å²) >= 11 is 0. The van der Waals surface area contributed by atoms with Gasteiger partial charge in [0.05, 0.1) is 0 Å². The number of nitrogens with two attached hydrogens (primary N) is 1. The predicted molar refractivity (Wildman–Crippen MR) is 229 cm³/mol. The van der Waals surface area contributed by atoms with Crippen molar-refractivity contribution in [2.45, 2.75) is 277 Å². The molecule has 53 heavy (non-hydrogen) atoms. The van der Waals surface area contributed by atoms with Gasteiger partial charge in [0.25, 0.3) is 0 Å². The Bertz CT molecular complexity index is 733. The Morgan fingerprint density at radius 1 is 0.415 bits per heavy atom. The van der Waals surface area contributed by atoms with Crippen LogP contribution in [0.1, 0.15) is 271 Å². The highest BCUT2D eigenvalue weighted by atomic mass is 16.6. The van der Waals surface area contributed by atoms with E-state index in [-0.39, 0.29) is 24.6 Å². The van der Waals surface area contributed by atoms with Gasteiger partial charge in [-0.25, -0.2) is 0 Å². The van der Waals surface area contributed by atoms with Gasteiger partial charge in [0.15, 0.2) is 0 Å². The molecule has 0 fully saturated rings. The maximum atomic E-state index is 12.7. The molecular formula is C47H94N2O4. The monoisotopic (exact) mass is 751 g/mol. The van der Waals surface area contributed by atoms with Crippen molar-refractivity contribution in [1.29, 1.82) is 0 Å². The molecule has 0 rings (SSSR count). The zero-order valence-corrected chi connectivity index (χ0v) is 36.0. The highest BCUT2D eigenvalue weighted by Crippen LogP contribution is 2.17. The van der Waals surface area contributed by atoms with Crippen LogP contribution in [0, 0.1) is 0 Å². The molecule has 0 heterocycles. The van der Waals surface area contributed by atoms with Gasteiger partial charge in [0.1, 0.15) is 12.7 Å². The van der Waals surface area contributed by atoms with Crippen LogP contribution in [0.25, 0.3) is 0 Å². The minimum absolute atomic E-state index is 0.119. The number of esters is 2. The summed E-state index contributed by atoms with van der Waals surface area (Å²) in [6.45, 7) is 5.68. The first kappa shape index (κ1) is 51.9. The van der Waals surface area contributed by atoms with Gasteiger partial charge >= 0.3 is 11.9 Å². The van der Waals surface area contributed by atoms with E-state index in [9.17, 15) is 9.59 Å². The van der Waals surface area contributed by atoms with E-state index in [0.29, 0.717) is 12.8 Å². The number of nitrogens with one attached hydrogen (secondary N) is 1. The molecule has 0 aromatic rings. The molecule has 0 radical (unpaired) electrons. The predicted octanol–water partition coefficient (Wildman–Crippen LogP) is 14.5. The molecule has 0 aromatic heterocycles. The van der Waals surface area contributed by atoms with E-state index in [1.165, 1.54) is 199 Å². The van der Waals surface area contributed by atoms with Crippen LogP contribution in [0.15, 0.2) is 0 Å². The number of hydrogen-bond donors (Lipinski definition) is 2. The lowest BCUT2D eigenvalue weighted by molar-refractivity contribution is -0.159. The Morgan fingerprint density at radius 2 is 0.717 bits per heavy atom. The number of rotatable bonds is 45. The first-order valence-corrected chi connectivity index (χ1v) is 23.9. The van der Waals surface area contributed by atoms with Crippen LogP contribution in [-0.4, -0.2) is 31.2 Å². The molecule has 6 nitrogen and oxygen atoms in total. The number of hydrogen-bond acceptors (Lipinski definition) is 6. The average molecular weight is 751 g/mol. The quantitative estimate of drug-likeness (QED) is 0.0279. The molecule has 0 saturated heterocycles. The standard InChI is InChI=1S/C47H94N2O4/c1-3-5-7-9-11-24-29-33-37-41-46(50)52-44-45(53-47(51)42-38-34-30-25-12-10-8-6-4-2)40-36-32-28-26-22-20-18-16-14-13-15-17-19-21-23-27-31-35-39-43-49-48/h45,49H,3-44,48H2,1-2H3. The second-order valence-electron chi connectivity index (χ2n) is 16.4. The Morgan fingerprint density at radius 3 is 1.08 bits per heavy atom. The van der Waals surface area contributed by atoms with Crippen LogP contribution in [0.3, 0.4) is 0 Å². The lowest BCUT2D eigenvalue weighted by Gasteiger charge is -2.18. The van der Waals surface area contributed by atoms with E-state index in [0.717, 1.165) is 51.5 Å². The molecule has 0 spiro atoms. The molecule has 0 aromatic carbocycles. The van der Waals surface area contributed by atoms with Gasteiger partial charge in [0, 0.05) is 19.4 Å². The Hall–Kier alpha value is -1.14. The lowest BCUT2D eigenvalue weighted by atomic mass is 10.0. The molecule has 1 unspecified atom stereocenters. The molecule has 0 bridgehead atoms. The average Bonchev–Trinajstić information content (AvgIpc) is 3.16. The highest BCUT2D eigenvalue weighted by molar-refractivity contribution is 5.70. The van der Waals surface area contributed by atoms with E-state index in [2.05, 4.69) is 19.3 Å². The van der Waals surface area contributed by atoms with Crippen LogP contribution in [0.2, 0.25) is 0 Å². The topological polar surface area (TPSA) is 90.7 Å². The van der Waals surface area contributed by atoms with E-state index in [4.69, 9.17) is 15.3 Å². The number of ether oxygens (including phenoxy) is 2.